The van der Waals surface area contributed by atoms with Gasteiger partial charge in [0.15, 0.2) is 0 Å². The average molecular weight is 127 g/mol. The van der Waals surface area contributed by atoms with E-state index in [1.807, 2.05) is 0 Å². The third kappa shape index (κ3) is 0.724. The molecule has 3 nitrogen and oxygen atoms in total. The van der Waals surface area contributed by atoms with E-state index in [9.17, 15) is 9.59 Å². The first-order valence-electron chi connectivity index (χ1n) is 2.91. The van der Waals surface area contributed by atoms with Crippen molar-refractivity contribution >= 4 is 12.7 Å². The maximum absolute atomic E-state index is 10.3. The molecule has 1 aliphatic rings. The molecule has 50 valence electrons. The minimum absolute atomic E-state index is 0.484. The second kappa shape index (κ2) is 1.83. The van der Waals surface area contributed by atoms with Crippen molar-refractivity contribution in [1.29, 1.82) is 0 Å². The summed E-state index contributed by atoms with van der Waals surface area (Å²) in [6, 6.07) is 0. The number of aldehydes is 1. The second-order valence-corrected chi connectivity index (χ2v) is 2.52. The Kier molecular flexibility index (Phi) is 1.27. The van der Waals surface area contributed by atoms with Crippen LogP contribution in [0.5, 0.6) is 0 Å². The van der Waals surface area contributed by atoms with E-state index in [2.05, 4.69) is 0 Å². The van der Waals surface area contributed by atoms with Gasteiger partial charge in [-0.05, 0) is 13.3 Å². The van der Waals surface area contributed by atoms with Gasteiger partial charge >= 0.3 is 0 Å². The third-order valence-electron chi connectivity index (χ3n) is 1.90. The van der Waals surface area contributed by atoms with E-state index in [4.69, 9.17) is 0 Å². The Labute approximate surface area is 53.6 Å². The quantitative estimate of drug-likeness (QED) is 0.482. The van der Waals surface area contributed by atoms with Crippen LogP contribution in [0.3, 0.4) is 0 Å². The van der Waals surface area contributed by atoms with Crippen molar-refractivity contribution in [3.63, 3.8) is 0 Å². The molecule has 1 heterocycles. The molecule has 1 saturated heterocycles. The molecule has 0 aromatic heterocycles. The number of likely N-dealkylation sites (tertiary alicyclic amines) is 1. The Balaban J connectivity index is 2.60. The highest BCUT2D eigenvalue weighted by atomic mass is 16.1. The number of carbonyl (C=O) groups is 2. The van der Waals surface area contributed by atoms with Crippen molar-refractivity contribution in [1.82, 2.24) is 4.90 Å². The Hall–Kier alpha value is -0.860. The first kappa shape index (κ1) is 6.26. The van der Waals surface area contributed by atoms with Gasteiger partial charge in [-0.25, -0.2) is 0 Å². The van der Waals surface area contributed by atoms with Crippen LogP contribution in [0, 0.1) is 0 Å². The number of hydrogen-bond donors (Lipinski definition) is 0. The molecule has 0 saturated carbocycles. The summed E-state index contributed by atoms with van der Waals surface area (Å²) < 4.78 is 0. The van der Waals surface area contributed by atoms with E-state index >= 15 is 0 Å². The highest BCUT2D eigenvalue weighted by Gasteiger charge is 2.38. The first-order valence-corrected chi connectivity index (χ1v) is 2.91. The van der Waals surface area contributed by atoms with Crippen LogP contribution in [0.15, 0.2) is 0 Å². The van der Waals surface area contributed by atoms with Gasteiger partial charge in [0.05, 0.1) is 5.54 Å². The fourth-order valence-electron chi connectivity index (χ4n) is 0.893. The van der Waals surface area contributed by atoms with Crippen molar-refractivity contribution in [3.8, 4) is 0 Å². The molecule has 1 fully saturated rings. The van der Waals surface area contributed by atoms with Crippen LogP contribution in [0.2, 0.25) is 0 Å². The highest BCUT2D eigenvalue weighted by Crippen LogP contribution is 2.25. The van der Waals surface area contributed by atoms with Crippen LogP contribution in [-0.4, -0.2) is 29.7 Å². The molecule has 3 heteroatoms. The van der Waals surface area contributed by atoms with Crippen LogP contribution in [0.1, 0.15) is 13.3 Å². The molecule has 0 N–H and O–H groups in total. The molecule has 0 radical (unpaired) electrons. The molecular formula is C6H9NO2. The normalized spacial score (nSPS) is 33.2. The molecule has 0 aliphatic carbocycles. The fourth-order valence-corrected chi connectivity index (χ4v) is 0.893. The van der Waals surface area contributed by atoms with Gasteiger partial charge < -0.3 is 9.69 Å². The van der Waals surface area contributed by atoms with Crippen LogP contribution in [0.25, 0.3) is 0 Å². The zero-order chi connectivity index (χ0) is 6.91. The lowest BCUT2D eigenvalue weighted by atomic mass is 9.89. The van der Waals surface area contributed by atoms with Gasteiger partial charge in [-0.3, -0.25) is 4.79 Å². The van der Waals surface area contributed by atoms with Crippen molar-refractivity contribution in [2.24, 2.45) is 0 Å². The molecule has 0 spiro atoms. The largest absolute Gasteiger partial charge is 0.333 e. The molecule has 9 heavy (non-hydrogen) atoms. The summed E-state index contributed by atoms with van der Waals surface area (Å²) in [5, 5.41) is 0. The summed E-state index contributed by atoms with van der Waals surface area (Å²) in [5.74, 6) is 0. The Morgan fingerprint density at radius 1 is 1.56 bits per heavy atom. The Morgan fingerprint density at radius 2 is 2.22 bits per heavy atom. The molecular weight excluding hydrogens is 118 g/mol. The van der Waals surface area contributed by atoms with Gasteiger partial charge in [-0.1, -0.05) is 0 Å². The fraction of sp³-hybridized carbons (Fsp3) is 0.667. The molecule has 1 unspecified atom stereocenters. The van der Waals surface area contributed by atoms with Gasteiger partial charge in [0.2, 0.25) is 6.41 Å². The highest BCUT2D eigenvalue weighted by molar-refractivity contribution is 5.71. The molecule has 0 bridgehead atoms. The summed E-state index contributed by atoms with van der Waals surface area (Å²) in [6.45, 7) is 2.48. The van der Waals surface area contributed by atoms with Crippen molar-refractivity contribution in [2.45, 2.75) is 18.9 Å². The lowest BCUT2D eigenvalue weighted by Crippen LogP contribution is -2.58. The van der Waals surface area contributed by atoms with Gasteiger partial charge in [0.25, 0.3) is 0 Å². The molecule has 0 aromatic carbocycles. The lowest BCUT2D eigenvalue weighted by Gasteiger charge is -2.44. The molecule has 1 aliphatic heterocycles. The molecule has 1 rings (SSSR count). The van der Waals surface area contributed by atoms with Crippen molar-refractivity contribution < 1.29 is 9.59 Å². The van der Waals surface area contributed by atoms with Crippen molar-refractivity contribution in [2.75, 3.05) is 6.54 Å². The summed E-state index contributed by atoms with van der Waals surface area (Å²) in [7, 11) is 0. The number of rotatable bonds is 2. The third-order valence-corrected chi connectivity index (χ3v) is 1.90. The van der Waals surface area contributed by atoms with Crippen LogP contribution < -0.4 is 0 Å². The SMILES string of the molecule is CC1(C=O)CCN1C=O. The van der Waals surface area contributed by atoms with E-state index in [-0.39, 0.29) is 0 Å². The Morgan fingerprint density at radius 3 is 2.33 bits per heavy atom. The predicted molar refractivity (Wildman–Crippen MR) is 31.9 cm³/mol. The summed E-state index contributed by atoms with van der Waals surface area (Å²) in [6.07, 6.45) is 2.35. The lowest BCUT2D eigenvalue weighted by molar-refractivity contribution is -0.139. The summed E-state index contributed by atoms with van der Waals surface area (Å²) >= 11 is 0. The van der Waals surface area contributed by atoms with Gasteiger partial charge in [-0.2, -0.15) is 0 Å². The number of nitrogens with zero attached hydrogens (tertiary/aromatic N) is 1. The molecule has 1 amide bonds. The maximum atomic E-state index is 10.3. The minimum Gasteiger partial charge on any atom is -0.333 e. The topological polar surface area (TPSA) is 37.4 Å². The smallest absolute Gasteiger partial charge is 0.210 e. The number of amides is 1. The minimum atomic E-state index is -0.484. The zero-order valence-electron chi connectivity index (χ0n) is 5.33. The maximum Gasteiger partial charge on any atom is 0.210 e. The van der Waals surface area contributed by atoms with Gasteiger partial charge in [-0.15, -0.1) is 0 Å². The average Bonchev–Trinajstić information content (AvgIpc) is 1.85. The van der Waals surface area contributed by atoms with Crippen LogP contribution in [0.4, 0.5) is 0 Å². The van der Waals surface area contributed by atoms with Crippen LogP contribution >= 0.6 is 0 Å². The van der Waals surface area contributed by atoms with E-state index in [1.54, 1.807) is 6.92 Å². The Bertz CT molecular complexity index is 146. The number of carbonyl (C=O) groups excluding carboxylic acids is 2. The monoisotopic (exact) mass is 127 g/mol. The molecule has 1 atom stereocenters. The van der Waals surface area contributed by atoms with Gasteiger partial charge in [0, 0.05) is 6.54 Å². The van der Waals surface area contributed by atoms with E-state index in [0.717, 1.165) is 25.7 Å². The summed E-state index contributed by atoms with van der Waals surface area (Å²) in [5.41, 5.74) is -0.484. The zero-order valence-corrected chi connectivity index (χ0v) is 5.33. The standard InChI is InChI=1S/C6H9NO2/c1-6(4-8)2-3-7(6)5-9/h4-5H,2-3H2,1H3. The van der Waals surface area contributed by atoms with Crippen molar-refractivity contribution in [3.05, 3.63) is 0 Å². The molecule has 0 aromatic rings. The summed E-state index contributed by atoms with van der Waals surface area (Å²) in [4.78, 5) is 21.9. The van der Waals surface area contributed by atoms with Gasteiger partial charge in [0.1, 0.15) is 6.29 Å². The predicted octanol–water partition coefficient (Wildman–Crippen LogP) is -0.194. The van der Waals surface area contributed by atoms with E-state index < -0.39 is 5.54 Å². The first-order chi connectivity index (χ1) is 4.23. The van der Waals surface area contributed by atoms with E-state index in [1.165, 1.54) is 4.90 Å². The number of hydrogen-bond acceptors (Lipinski definition) is 2. The second-order valence-electron chi connectivity index (χ2n) is 2.52. The van der Waals surface area contributed by atoms with E-state index in [0.29, 0.717) is 0 Å². The van der Waals surface area contributed by atoms with Crippen LogP contribution in [-0.2, 0) is 9.59 Å².